The highest BCUT2D eigenvalue weighted by Crippen LogP contribution is 2.29. The van der Waals surface area contributed by atoms with E-state index in [1.807, 2.05) is 31.2 Å². The predicted octanol–water partition coefficient (Wildman–Crippen LogP) is 8.04. The maximum absolute atomic E-state index is 11.4. The first-order valence-corrected chi connectivity index (χ1v) is 11.8. The van der Waals surface area contributed by atoms with Crippen molar-refractivity contribution in [2.75, 3.05) is 6.61 Å². The Hall–Kier alpha value is -3.13. The van der Waals surface area contributed by atoms with Crippen molar-refractivity contribution in [1.82, 2.24) is 0 Å². The molecule has 0 saturated carbocycles. The number of aryl methyl sites for hydroxylation is 1. The number of ether oxygens (including phenoxy) is 1. The highest BCUT2D eigenvalue weighted by molar-refractivity contribution is 5.78. The average molecular weight is 441 g/mol. The van der Waals surface area contributed by atoms with E-state index < -0.39 is 0 Å². The minimum Gasteiger partial charge on any atom is -0.490 e. The summed E-state index contributed by atoms with van der Waals surface area (Å²) < 4.78 is 5.91. The summed E-state index contributed by atoms with van der Waals surface area (Å²) in [5.41, 5.74) is 8.78. The zero-order chi connectivity index (χ0) is 24.0. The molecule has 33 heavy (non-hydrogen) atoms. The van der Waals surface area contributed by atoms with Gasteiger partial charge in [-0.15, -0.1) is 0 Å². The molecular weight excluding hydrogens is 404 g/mol. The molecule has 0 bridgehead atoms. The maximum atomic E-state index is 11.4. The quantitative estimate of drug-likeness (QED) is 0.336. The van der Waals surface area contributed by atoms with Crippen molar-refractivity contribution in [3.8, 4) is 16.9 Å². The Kier molecular flexibility index (Phi) is 8.27. The zero-order valence-corrected chi connectivity index (χ0v) is 20.8. The first kappa shape index (κ1) is 24.5. The molecule has 0 saturated heterocycles. The van der Waals surface area contributed by atoms with Crippen LogP contribution in [0.3, 0.4) is 0 Å². The van der Waals surface area contributed by atoms with Crippen molar-refractivity contribution in [2.45, 2.75) is 53.9 Å². The third-order valence-corrected chi connectivity index (χ3v) is 6.38. The second-order valence-electron chi connectivity index (χ2n) is 9.36. The van der Waals surface area contributed by atoms with Gasteiger partial charge in [0.15, 0.2) is 0 Å². The molecule has 0 heterocycles. The highest BCUT2D eigenvalue weighted by atomic mass is 16.5. The Bertz CT molecular complexity index is 1100. The van der Waals surface area contributed by atoms with Crippen molar-refractivity contribution in [3.05, 3.63) is 95.1 Å². The number of carbonyl (C=O) groups is 1. The molecule has 2 heteroatoms. The van der Waals surface area contributed by atoms with Crippen LogP contribution in [0.1, 0.15) is 62.8 Å². The molecule has 1 atom stereocenters. The topological polar surface area (TPSA) is 26.3 Å². The summed E-state index contributed by atoms with van der Waals surface area (Å²) in [6, 6.07) is 23.6. The monoisotopic (exact) mass is 440 g/mol. The number of Topliss-reactive ketones (excluding diaryl/α,β-unsaturated/α-hetero) is 1. The summed E-state index contributed by atoms with van der Waals surface area (Å²) in [5, 5.41) is 0. The van der Waals surface area contributed by atoms with Gasteiger partial charge in [0.1, 0.15) is 18.1 Å². The van der Waals surface area contributed by atoms with Crippen LogP contribution in [0.2, 0.25) is 0 Å². The van der Waals surface area contributed by atoms with Gasteiger partial charge < -0.3 is 4.74 Å². The van der Waals surface area contributed by atoms with Gasteiger partial charge in [-0.05, 0) is 90.3 Å². The lowest BCUT2D eigenvalue weighted by Crippen LogP contribution is -2.09. The lowest BCUT2D eigenvalue weighted by atomic mass is 9.93. The van der Waals surface area contributed by atoms with Gasteiger partial charge in [-0.2, -0.15) is 0 Å². The van der Waals surface area contributed by atoms with Gasteiger partial charge in [0.05, 0.1) is 0 Å². The molecule has 3 rings (SSSR count). The van der Waals surface area contributed by atoms with E-state index in [0.29, 0.717) is 12.5 Å². The van der Waals surface area contributed by atoms with E-state index in [1.54, 1.807) is 6.92 Å². The first-order valence-electron chi connectivity index (χ1n) is 11.8. The summed E-state index contributed by atoms with van der Waals surface area (Å²) in [6.07, 6.45) is 2.89. The molecule has 172 valence electrons. The molecule has 0 aromatic heterocycles. The first-order chi connectivity index (χ1) is 15.7. The molecule has 0 radical (unpaired) electrons. The van der Waals surface area contributed by atoms with Gasteiger partial charge in [-0.3, -0.25) is 4.79 Å². The minimum atomic E-state index is 0.0526. The molecular formula is C31H36O2. The van der Waals surface area contributed by atoms with Crippen LogP contribution in [-0.2, 0) is 11.2 Å². The van der Waals surface area contributed by atoms with E-state index in [-0.39, 0.29) is 11.7 Å². The van der Waals surface area contributed by atoms with Crippen molar-refractivity contribution in [2.24, 2.45) is 5.92 Å². The van der Waals surface area contributed by atoms with Crippen LogP contribution in [0.15, 0.2) is 72.8 Å². The number of rotatable bonds is 9. The Morgan fingerprint density at radius 3 is 2.18 bits per heavy atom. The van der Waals surface area contributed by atoms with Crippen molar-refractivity contribution >= 4 is 11.4 Å². The molecule has 0 aliphatic carbocycles. The number of hydrogen-bond donors (Lipinski definition) is 0. The number of ketones is 1. The molecule has 2 nitrogen and oxygen atoms in total. The fourth-order valence-corrected chi connectivity index (χ4v) is 3.82. The Labute approximate surface area is 199 Å². The number of allylic oxidation sites excluding steroid dienone is 1. The van der Waals surface area contributed by atoms with E-state index in [4.69, 9.17) is 4.74 Å². The smallest absolute Gasteiger partial charge is 0.132 e. The average Bonchev–Trinajstić information content (AvgIpc) is 2.80. The largest absolute Gasteiger partial charge is 0.490 e. The summed E-state index contributed by atoms with van der Waals surface area (Å²) in [7, 11) is 0. The maximum Gasteiger partial charge on any atom is 0.132 e. The molecule has 3 aromatic carbocycles. The van der Waals surface area contributed by atoms with E-state index in [0.717, 1.165) is 17.7 Å². The number of benzene rings is 3. The van der Waals surface area contributed by atoms with E-state index in [1.165, 1.54) is 33.4 Å². The standard InChI is InChI=1S/C31H36O2/c1-21(2)29-10-7-23(4)31(20-29)28-13-11-27(12-14-28)22(3)17-18-33-30-15-8-26(9-16-30)19-24(5)25(6)32/h7-17,20-21,24H,18-19H2,1-6H3/b22-17+. The summed E-state index contributed by atoms with van der Waals surface area (Å²) in [6.45, 7) is 12.9. The molecule has 1 unspecified atom stereocenters. The SMILES string of the molecule is CC(=O)C(C)Cc1ccc(OC/C=C(\C)c2ccc(-c3cc(C(C)C)ccc3C)cc2)cc1. The van der Waals surface area contributed by atoms with Crippen LogP contribution in [0.4, 0.5) is 0 Å². The van der Waals surface area contributed by atoms with Crippen LogP contribution in [0.25, 0.3) is 16.7 Å². The lowest BCUT2D eigenvalue weighted by Gasteiger charge is -2.12. The molecule has 0 spiro atoms. The van der Waals surface area contributed by atoms with Crippen LogP contribution >= 0.6 is 0 Å². The van der Waals surface area contributed by atoms with Gasteiger partial charge in [-0.1, -0.05) is 75.4 Å². The summed E-state index contributed by atoms with van der Waals surface area (Å²) in [5.74, 6) is 1.64. The molecule has 0 aliphatic heterocycles. The highest BCUT2D eigenvalue weighted by Gasteiger charge is 2.09. The van der Waals surface area contributed by atoms with E-state index in [9.17, 15) is 4.79 Å². The summed E-state index contributed by atoms with van der Waals surface area (Å²) >= 11 is 0. The van der Waals surface area contributed by atoms with Gasteiger partial charge in [-0.25, -0.2) is 0 Å². The van der Waals surface area contributed by atoms with Crippen molar-refractivity contribution in [1.29, 1.82) is 0 Å². The van der Waals surface area contributed by atoms with Gasteiger partial charge >= 0.3 is 0 Å². The van der Waals surface area contributed by atoms with Crippen LogP contribution in [-0.4, -0.2) is 12.4 Å². The Balaban J connectivity index is 1.61. The molecule has 0 aliphatic rings. The number of carbonyl (C=O) groups excluding carboxylic acids is 1. The second-order valence-corrected chi connectivity index (χ2v) is 9.36. The Morgan fingerprint density at radius 1 is 0.909 bits per heavy atom. The summed E-state index contributed by atoms with van der Waals surface area (Å²) in [4.78, 5) is 11.4. The Morgan fingerprint density at radius 2 is 1.58 bits per heavy atom. The normalized spacial score (nSPS) is 12.6. The van der Waals surface area contributed by atoms with Crippen LogP contribution in [0, 0.1) is 12.8 Å². The minimum absolute atomic E-state index is 0.0526. The van der Waals surface area contributed by atoms with E-state index in [2.05, 4.69) is 76.2 Å². The van der Waals surface area contributed by atoms with Crippen molar-refractivity contribution < 1.29 is 9.53 Å². The fraction of sp³-hybridized carbons (Fsp3) is 0.323. The van der Waals surface area contributed by atoms with Crippen LogP contribution < -0.4 is 4.74 Å². The lowest BCUT2D eigenvalue weighted by molar-refractivity contribution is -0.120. The number of hydrogen-bond acceptors (Lipinski definition) is 2. The molecule has 0 amide bonds. The third-order valence-electron chi connectivity index (χ3n) is 6.38. The predicted molar refractivity (Wildman–Crippen MR) is 140 cm³/mol. The molecule has 0 N–H and O–H groups in total. The fourth-order valence-electron chi connectivity index (χ4n) is 3.82. The molecule has 0 fully saturated rings. The zero-order valence-electron chi connectivity index (χ0n) is 20.8. The van der Waals surface area contributed by atoms with Gasteiger partial charge in [0.25, 0.3) is 0 Å². The van der Waals surface area contributed by atoms with E-state index >= 15 is 0 Å². The van der Waals surface area contributed by atoms with Gasteiger partial charge in [0.2, 0.25) is 0 Å². The van der Waals surface area contributed by atoms with Gasteiger partial charge in [0, 0.05) is 5.92 Å². The molecule has 3 aromatic rings. The van der Waals surface area contributed by atoms with Crippen LogP contribution in [0.5, 0.6) is 5.75 Å². The van der Waals surface area contributed by atoms with Crippen molar-refractivity contribution in [3.63, 3.8) is 0 Å². The third kappa shape index (κ3) is 6.68. The second kappa shape index (κ2) is 11.1.